The molecule has 33 heavy (non-hydrogen) atoms. The molecule has 0 unspecified atom stereocenters. The number of para-hydroxylation sites is 1. The number of aromatic nitrogens is 2. The molecule has 9 nitrogen and oxygen atoms in total. The van der Waals surface area contributed by atoms with Crippen molar-refractivity contribution in [1.29, 1.82) is 0 Å². The second-order valence-corrected chi connectivity index (χ2v) is 8.94. The lowest BCUT2D eigenvalue weighted by Crippen LogP contribution is -2.28. The number of carbonyl (C=O) groups is 1. The molecular weight excluding hydrogens is 444 g/mol. The van der Waals surface area contributed by atoms with Gasteiger partial charge >= 0.3 is 0 Å². The van der Waals surface area contributed by atoms with Gasteiger partial charge in [0.1, 0.15) is 18.1 Å². The molecule has 0 aliphatic carbocycles. The third-order valence-electron chi connectivity index (χ3n) is 4.64. The van der Waals surface area contributed by atoms with Crippen LogP contribution in [0.4, 0.5) is 5.69 Å². The minimum atomic E-state index is -3.68. The van der Waals surface area contributed by atoms with E-state index in [0.717, 1.165) is 17.5 Å². The fraction of sp³-hybridized carbons (Fsp3) is 0.261. The van der Waals surface area contributed by atoms with Gasteiger partial charge in [0.05, 0.1) is 11.4 Å². The van der Waals surface area contributed by atoms with Crippen LogP contribution in [0.1, 0.15) is 30.3 Å². The van der Waals surface area contributed by atoms with E-state index in [1.54, 1.807) is 24.3 Å². The smallest absolute Gasteiger partial charge is 0.276 e. The zero-order chi connectivity index (χ0) is 23.7. The van der Waals surface area contributed by atoms with Gasteiger partial charge in [-0.05, 0) is 42.8 Å². The number of hydrogen-bond acceptors (Lipinski definition) is 6. The molecular formula is C23H26N4O5S. The average molecular weight is 471 g/mol. The first-order chi connectivity index (χ1) is 15.9. The lowest BCUT2D eigenvalue weighted by Gasteiger charge is -2.10. The molecule has 1 aromatic heterocycles. The minimum Gasteiger partial charge on any atom is -0.492 e. The van der Waals surface area contributed by atoms with E-state index >= 15 is 0 Å². The van der Waals surface area contributed by atoms with E-state index < -0.39 is 15.9 Å². The molecule has 0 atom stereocenters. The molecule has 1 heterocycles. The summed E-state index contributed by atoms with van der Waals surface area (Å²) in [5, 5.41) is 6.73. The first-order valence-electron chi connectivity index (χ1n) is 10.6. The summed E-state index contributed by atoms with van der Waals surface area (Å²) in [6.45, 7) is 2.67. The van der Waals surface area contributed by atoms with Gasteiger partial charge in [-0.25, -0.2) is 17.8 Å². The average Bonchev–Trinajstić information content (AvgIpc) is 2.81. The summed E-state index contributed by atoms with van der Waals surface area (Å²) in [5.74, 6) is 0.0969. The van der Waals surface area contributed by atoms with Crippen LogP contribution in [0, 0.1) is 0 Å². The number of nitrogens with zero attached hydrogens (tertiary/aromatic N) is 2. The summed E-state index contributed by atoms with van der Waals surface area (Å²) in [6.07, 6.45) is 1.60. The van der Waals surface area contributed by atoms with Crippen LogP contribution in [0.3, 0.4) is 0 Å². The number of carbonyl (C=O) groups excluding carboxylic acids is 1. The molecule has 10 heteroatoms. The van der Waals surface area contributed by atoms with Crippen molar-refractivity contribution >= 4 is 21.6 Å². The van der Waals surface area contributed by atoms with Crippen LogP contribution in [-0.2, 0) is 16.6 Å². The van der Waals surface area contributed by atoms with Crippen LogP contribution in [-0.4, -0.2) is 37.3 Å². The molecule has 0 saturated heterocycles. The first kappa shape index (κ1) is 24.1. The van der Waals surface area contributed by atoms with E-state index in [2.05, 4.69) is 15.1 Å². The number of anilines is 1. The predicted octanol–water partition coefficient (Wildman–Crippen LogP) is 2.65. The highest BCUT2D eigenvalue weighted by Gasteiger charge is 2.15. The molecule has 3 rings (SSSR count). The normalized spacial score (nSPS) is 11.2. The van der Waals surface area contributed by atoms with Crippen LogP contribution in [0.15, 0.2) is 76.4 Å². The molecule has 0 aliphatic heterocycles. The lowest BCUT2D eigenvalue weighted by atomic mass is 10.3. The summed E-state index contributed by atoms with van der Waals surface area (Å²) >= 11 is 0. The maximum absolute atomic E-state index is 12.7. The second kappa shape index (κ2) is 11.4. The first-order valence-corrected chi connectivity index (χ1v) is 12.0. The van der Waals surface area contributed by atoms with Gasteiger partial charge in [-0.2, -0.15) is 5.10 Å². The molecule has 0 aliphatic rings. The Bertz CT molecular complexity index is 1240. The van der Waals surface area contributed by atoms with Crippen molar-refractivity contribution < 1.29 is 17.9 Å². The van der Waals surface area contributed by atoms with Crippen molar-refractivity contribution in [2.24, 2.45) is 0 Å². The van der Waals surface area contributed by atoms with Crippen molar-refractivity contribution in [3.63, 3.8) is 0 Å². The highest BCUT2D eigenvalue weighted by Crippen LogP contribution is 2.16. The van der Waals surface area contributed by atoms with Crippen LogP contribution >= 0.6 is 0 Å². The number of ether oxygens (including phenoxy) is 1. The van der Waals surface area contributed by atoms with E-state index in [1.807, 2.05) is 25.1 Å². The maximum atomic E-state index is 12.7. The van der Waals surface area contributed by atoms with Gasteiger partial charge in [-0.1, -0.05) is 37.6 Å². The third kappa shape index (κ3) is 6.99. The standard InChI is InChI=1S/C23H26N4O5S/c1-2-3-14-24-33(30,31)20-11-7-8-18(17-20)25-23(29)21-12-13-22(28)27(26-21)15-16-32-19-9-5-4-6-10-19/h4-13,17,24H,2-3,14-16H2,1H3,(H,25,29). The quantitative estimate of drug-likeness (QED) is 0.416. The number of sulfonamides is 1. The molecule has 0 saturated carbocycles. The number of nitrogens with one attached hydrogen (secondary N) is 2. The highest BCUT2D eigenvalue weighted by molar-refractivity contribution is 7.89. The summed E-state index contributed by atoms with van der Waals surface area (Å²) in [6, 6.07) is 17.7. The maximum Gasteiger partial charge on any atom is 0.276 e. The Balaban J connectivity index is 1.66. The van der Waals surface area contributed by atoms with Crippen LogP contribution in [0.5, 0.6) is 5.75 Å². The Morgan fingerprint density at radius 2 is 1.85 bits per heavy atom. The predicted molar refractivity (Wildman–Crippen MR) is 125 cm³/mol. The number of unbranched alkanes of at least 4 members (excludes halogenated alkanes) is 1. The van der Waals surface area contributed by atoms with E-state index in [9.17, 15) is 18.0 Å². The SMILES string of the molecule is CCCCNS(=O)(=O)c1cccc(NC(=O)c2ccc(=O)n(CCOc3ccccc3)n2)c1. The Hall–Kier alpha value is -3.50. The van der Waals surface area contributed by atoms with Gasteiger partial charge in [-0.3, -0.25) is 9.59 Å². The molecule has 0 spiro atoms. The molecule has 1 amide bonds. The minimum absolute atomic E-state index is 0.0173. The molecule has 0 radical (unpaired) electrons. The Morgan fingerprint density at radius 3 is 2.61 bits per heavy atom. The number of rotatable bonds is 11. The molecule has 174 valence electrons. The molecule has 2 aromatic carbocycles. The van der Waals surface area contributed by atoms with Gasteiger partial charge in [0.25, 0.3) is 11.5 Å². The Labute approximate surface area is 192 Å². The van der Waals surface area contributed by atoms with E-state index in [-0.39, 0.29) is 29.3 Å². The topological polar surface area (TPSA) is 119 Å². The van der Waals surface area contributed by atoms with E-state index in [1.165, 1.54) is 24.3 Å². The zero-order valence-corrected chi connectivity index (χ0v) is 19.0. The van der Waals surface area contributed by atoms with Crippen molar-refractivity contribution in [1.82, 2.24) is 14.5 Å². The fourth-order valence-corrected chi connectivity index (χ4v) is 4.02. The highest BCUT2D eigenvalue weighted by atomic mass is 32.2. The fourth-order valence-electron chi connectivity index (χ4n) is 2.90. The van der Waals surface area contributed by atoms with Crippen molar-refractivity contribution in [2.45, 2.75) is 31.2 Å². The molecule has 3 aromatic rings. The molecule has 2 N–H and O–H groups in total. The van der Waals surface area contributed by atoms with Gasteiger partial charge in [0, 0.05) is 18.3 Å². The molecule has 0 bridgehead atoms. The number of hydrogen-bond donors (Lipinski definition) is 2. The largest absolute Gasteiger partial charge is 0.492 e. The summed E-state index contributed by atoms with van der Waals surface area (Å²) < 4.78 is 34.1. The van der Waals surface area contributed by atoms with Crippen molar-refractivity contribution in [2.75, 3.05) is 18.5 Å². The van der Waals surface area contributed by atoms with E-state index in [0.29, 0.717) is 18.0 Å². The zero-order valence-electron chi connectivity index (χ0n) is 18.2. The second-order valence-electron chi connectivity index (χ2n) is 7.17. The monoisotopic (exact) mass is 470 g/mol. The summed E-state index contributed by atoms with van der Waals surface area (Å²) in [4.78, 5) is 24.8. The Kier molecular flexibility index (Phi) is 8.34. The van der Waals surface area contributed by atoms with Crippen LogP contribution < -0.4 is 20.3 Å². The Morgan fingerprint density at radius 1 is 1.06 bits per heavy atom. The summed E-state index contributed by atoms with van der Waals surface area (Å²) in [7, 11) is -3.68. The lowest BCUT2D eigenvalue weighted by molar-refractivity contribution is 0.101. The van der Waals surface area contributed by atoms with Gasteiger partial charge in [-0.15, -0.1) is 0 Å². The van der Waals surface area contributed by atoms with Crippen LogP contribution in [0.25, 0.3) is 0 Å². The van der Waals surface area contributed by atoms with Gasteiger partial charge < -0.3 is 10.1 Å². The number of amides is 1. The van der Waals surface area contributed by atoms with Crippen molar-refractivity contribution in [3.8, 4) is 5.75 Å². The van der Waals surface area contributed by atoms with Gasteiger partial charge in [0.15, 0.2) is 0 Å². The summed E-state index contributed by atoms with van der Waals surface area (Å²) in [5.41, 5.74) is -0.0524. The molecule has 0 fully saturated rings. The van der Waals surface area contributed by atoms with Crippen molar-refractivity contribution in [3.05, 3.63) is 82.8 Å². The van der Waals surface area contributed by atoms with Gasteiger partial charge in [0.2, 0.25) is 10.0 Å². The third-order valence-corrected chi connectivity index (χ3v) is 6.10. The van der Waals surface area contributed by atoms with E-state index in [4.69, 9.17) is 4.74 Å². The number of benzene rings is 2. The van der Waals surface area contributed by atoms with Crippen LogP contribution in [0.2, 0.25) is 0 Å².